The number of nitrogens with one attached hydrogen (secondary N) is 1. The molecular formula is C75H128N2O7P+. The number of carbonyl (C=O) groups is 2. The van der Waals surface area contributed by atoms with E-state index in [9.17, 15) is 19.0 Å². The summed E-state index contributed by atoms with van der Waals surface area (Å²) in [7, 11) is 1.45. The Morgan fingerprint density at radius 2 is 0.753 bits per heavy atom. The minimum Gasteiger partial charge on any atom is -0.456 e. The highest BCUT2D eigenvalue weighted by atomic mass is 31.2. The Balaban J connectivity index is 5.27. The summed E-state index contributed by atoms with van der Waals surface area (Å²) in [4.78, 5) is 37.9. The number of phosphoric acid groups is 1. The van der Waals surface area contributed by atoms with Gasteiger partial charge in [-0.25, -0.2) is 4.57 Å². The summed E-state index contributed by atoms with van der Waals surface area (Å²) in [6.45, 7) is 6.75. The normalized spacial score (nSPS) is 14.5. The van der Waals surface area contributed by atoms with E-state index >= 15 is 0 Å². The Bertz CT molecular complexity index is 1960. The molecule has 0 aromatic carbocycles. The fraction of sp³-hybridized carbons (Fsp3) is 0.653. The third-order valence-corrected chi connectivity index (χ3v) is 15.3. The third-order valence-electron chi connectivity index (χ3n) is 14.3. The zero-order chi connectivity index (χ0) is 62.1. The van der Waals surface area contributed by atoms with Crippen molar-refractivity contribution in [2.24, 2.45) is 0 Å². The standard InChI is InChI=1S/C75H127N2O7P/c1-7-10-13-16-19-22-25-28-30-32-34-36-38-40-42-44-46-49-52-55-58-61-64-67-74(78)76-72(71-83-85(80,81)82-70-69-77(4,5)6)73(66-63-60-57-54-51-48-27-24-21-18-15-12-9-3)84-75(79)68-65-62-59-56-53-50-47-45-43-41-39-37-35-33-31-29-26-23-20-17-14-11-8-2/h10-11,13-14,19-20,22-23,28-31,34-37,40-43,47,50,63,66,72-73H,7-9,12,15-18,21,24-27,32-33,38-39,44-46,48-49,51-62,64-65,67-71H2,1-6H3,(H-,76,78,80,81)/p+1/b13-10-,14-11-,22-19-,23-20-,30-28-,31-29-,36-34-,37-35-,42-40-,43-41-,50-47-,66-63+. The Kier molecular flexibility index (Phi) is 59.9. The van der Waals surface area contributed by atoms with Gasteiger partial charge in [-0.3, -0.25) is 18.6 Å². The number of unbranched alkanes of at least 4 members (excludes halogenated alkanes) is 22. The number of phosphoric ester groups is 1. The number of nitrogens with zero attached hydrogens (tertiary/aromatic N) is 1. The number of likely N-dealkylation sites (N-methyl/N-ethyl adjacent to an activating group) is 1. The topological polar surface area (TPSA) is 111 Å². The molecule has 85 heavy (non-hydrogen) atoms. The summed E-state index contributed by atoms with van der Waals surface area (Å²) < 4.78 is 30.8. The minimum atomic E-state index is -4.48. The second kappa shape index (κ2) is 62.9. The van der Waals surface area contributed by atoms with Gasteiger partial charge in [-0.15, -0.1) is 0 Å². The molecule has 2 N–H and O–H groups in total. The van der Waals surface area contributed by atoms with Crippen molar-refractivity contribution < 1.29 is 37.3 Å². The smallest absolute Gasteiger partial charge is 0.456 e. The van der Waals surface area contributed by atoms with E-state index in [0.29, 0.717) is 23.9 Å². The predicted octanol–water partition coefficient (Wildman–Crippen LogP) is 21.8. The summed E-state index contributed by atoms with van der Waals surface area (Å²) in [6.07, 6.45) is 91.3. The molecule has 0 heterocycles. The van der Waals surface area contributed by atoms with Crippen molar-refractivity contribution in [1.82, 2.24) is 5.32 Å². The van der Waals surface area contributed by atoms with Gasteiger partial charge in [0.1, 0.15) is 19.3 Å². The van der Waals surface area contributed by atoms with E-state index in [0.717, 1.165) is 148 Å². The molecule has 0 saturated heterocycles. The van der Waals surface area contributed by atoms with E-state index < -0.39 is 20.0 Å². The number of ether oxygens (including phenoxy) is 1. The number of hydrogen-bond acceptors (Lipinski definition) is 6. The number of quaternary nitrogens is 1. The molecule has 0 spiro atoms. The summed E-state index contributed by atoms with van der Waals surface area (Å²) >= 11 is 0. The number of carbonyl (C=O) groups excluding carboxylic acids is 2. The molecule has 0 fully saturated rings. The molecule has 1 amide bonds. The van der Waals surface area contributed by atoms with Crippen LogP contribution in [0, 0.1) is 0 Å². The maximum atomic E-state index is 13.6. The number of rotatable bonds is 60. The molecule has 0 aromatic heterocycles. The van der Waals surface area contributed by atoms with E-state index in [1.54, 1.807) is 0 Å². The molecule has 0 aliphatic heterocycles. The van der Waals surface area contributed by atoms with Crippen molar-refractivity contribution in [3.63, 3.8) is 0 Å². The first kappa shape index (κ1) is 80.9. The minimum absolute atomic E-state index is 0.0251. The van der Waals surface area contributed by atoms with Gasteiger partial charge in [-0.2, -0.15) is 0 Å². The van der Waals surface area contributed by atoms with E-state index in [4.69, 9.17) is 13.8 Å². The van der Waals surface area contributed by atoms with Crippen molar-refractivity contribution in [3.05, 3.63) is 146 Å². The van der Waals surface area contributed by atoms with Gasteiger partial charge in [-0.1, -0.05) is 270 Å². The number of amides is 1. The average molecular weight is 1200 g/mol. The second-order valence-corrected chi connectivity index (χ2v) is 25.0. The maximum absolute atomic E-state index is 13.6. The van der Waals surface area contributed by atoms with Crippen LogP contribution in [0.1, 0.15) is 265 Å². The van der Waals surface area contributed by atoms with Gasteiger partial charge in [0.2, 0.25) is 5.91 Å². The molecule has 0 aromatic rings. The Labute approximate surface area is 523 Å². The van der Waals surface area contributed by atoms with Crippen molar-refractivity contribution >= 4 is 19.7 Å². The van der Waals surface area contributed by atoms with Crippen molar-refractivity contribution in [2.75, 3.05) is 40.9 Å². The lowest BCUT2D eigenvalue weighted by Gasteiger charge is -2.27. The molecule has 3 atom stereocenters. The van der Waals surface area contributed by atoms with E-state index in [-0.39, 0.29) is 31.5 Å². The fourth-order valence-electron chi connectivity index (χ4n) is 9.09. The summed E-state index contributed by atoms with van der Waals surface area (Å²) in [5, 5.41) is 3.05. The lowest BCUT2D eigenvalue weighted by Crippen LogP contribution is -2.47. The number of esters is 1. The Morgan fingerprint density at radius 1 is 0.424 bits per heavy atom. The Morgan fingerprint density at radius 3 is 1.13 bits per heavy atom. The van der Waals surface area contributed by atoms with E-state index in [1.165, 1.54) is 77.0 Å². The first-order valence-electron chi connectivity index (χ1n) is 34.2. The van der Waals surface area contributed by atoms with Crippen LogP contribution in [-0.2, 0) is 27.9 Å². The average Bonchev–Trinajstić information content (AvgIpc) is 3.52. The van der Waals surface area contributed by atoms with Gasteiger partial charge in [-0.05, 0) is 128 Å². The third kappa shape index (κ3) is 64.2. The summed E-state index contributed by atoms with van der Waals surface area (Å²) in [5.41, 5.74) is 0. The molecule has 0 aliphatic carbocycles. The van der Waals surface area contributed by atoms with Crippen LogP contribution in [0.5, 0.6) is 0 Å². The number of allylic oxidation sites excluding steroid dienone is 23. The van der Waals surface area contributed by atoms with Crippen molar-refractivity contribution in [2.45, 2.75) is 277 Å². The Hall–Kier alpha value is -4.11. The van der Waals surface area contributed by atoms with Crippen LogP contribution in [0.15, 0.2) is 146 Å². The quantitative estimate of drug-likeness (QED) is 0.0205. The first-order valence-corrected chi connectivity index (χ1v) is 35.7. The zero-order valence-corrected chi connectivity index (χ0v) is 56.2. The first-order chi connectivity index (χ1) is 41.4. The van der Waals surface area contributed by atoms with Gasteiger partial charge in [0.05, 0.1) is 33.8 Å². The summed E-state index contributed by atoms with van der Waals surface area (Å²) in [5.74, 6) is -0.555. The molecule has 10 heteroatoms. The van der Waals surface area contributed by atoms with Crippen LogP contribution in [0.25, 0.3) is 0 Å². The fourth-order valence-corrected chi connectivity index (χ4v) is 9.82. The largest absolute Gasteiger partial charge is 0.472 e. The van der Waals surface area contributed by atoms with Gasteiger partial charge in [0.25, 0.3) is 0 Å². The predicted molar refractivity (Wildman–Crippen MR) is 369 cm³/mol. The van der Waals surface area contributed by atoms with Crippen LogP contribution in [-0.4, -0.2) is 74.3 Å². The van der Waals surface area contributed by atoms with Gasteiger partial charge in [0, 0.05) is 12.8 Å². The van der Waals surface area contributed by atoms with E-state index in [2.05, 4.69) is 160 Å². The van der Waals surface area contributed by atoms with Crippen LogP contribution >= 0.6 is 7.82 Å². The van der Waals surface area contributed by atoms with Gasteiger partial charge < -0.3 is 19.4 Å². The monoisotopic (exact) mass is 1200 g/mol. The molecule has 0 bridgehead atoms. The van der Waals surface area contributed by atoms with Crippen molar-refractivity contribution in [3.8, 4) is 0 Å². The molecule has 3 unspecified atom stereocenters. The lowest BCUT2D eigenvalue weighted by atomic mass is 10.0. The number of hydrogen-bond donors (Lipinski definition) is 2. The van der Waals surface area contributed by atoms with Crippen LogP contribution in [0.3, 0.4) is 0 Å². The molecule has 9 nitrogen and oxygen atoms in total. The van der Waals surface area contributed by atoms with Crippen LogP contribution in [0.2, 0.25) is 0 Å². The SMILES string of the molecule is CC/C=C\C/C=C\C/C=C\C/C=C\C/C=C\C/C=C\CCCCCCC(=O)OC(/C=C/CCCCCCCCCCCCC)C(COP(=O)(O)OCC[N+](C)(C)C)NC(=O)CCCCCCCCC/C=C\C/C=C\C/C=C\C/C=C\C/C=C\CC. The van der Waals surface area contributed by atoms with Crippen LogP contribution in [0.4, 0.5) is 0 Å². The molecular weight excluding hydrogens is 1070 g/mol. The highest BCUT2D eigenvalue weighted by Crippen LogP contribution is 2.43. The van der Waals surface area contributed by atoms with Gasteiger partial charge >= 0.3 is 13.8 Å². The highest BCUT2D eigenvalue weighted by molar-refractivity contribution is 7.47. The molecule has 0 saturated carbocycles. The molecule has 0 rings (SSSR count). The highest BCUT2D eigenvalue weighted by Gasteiger charge is 2.30. The molecule has 0 radical (unpaired) electrons. The second-order valence-electron chi connectivity index (χ2n) is 23.6. The van der Waals surface area contributed by atoms with Gasteiger partial charge in [0.15, 0.2) is 0 Å². The zero-order valence-electron chi connectivity index (χ0n) is 55.3. The molecule has 0 aliphatic rings. The van der Waals surface area contributed by atoms with Crippen molar-refractivity contribution in [1.29, 1.82) is 0 Å². The maximum Gasteiger partial charge on any atom is 0.472 e. The van der Waals surface area contributed by atoms with Crippen LogP contribution < -0.4 is 5.32 Å². The lowest BCUT2D eigenvalue weighted by molar-refractivity contribution is -0.870. The molecule has 484 valence electrons. The summed E-state index contributed by atoms with van der Waals surface area (Å²) in [6, 6.07) is -0.878. The van der Waals surface area contributed by atoms with E-state index in [1.807, 2.05) is 33.3 Å².